The third kappa shape index (κ3) is 36.0. The number of unbranched alkanes of at least 4 members (excludes halogenated alkanes) is 22. The number of amides is 4. The van der Waals surface area contributed by atoms with Gasteiger partial charge in [-0.05, 0) is 51.9 Å². The van der Waals surface area contributed by atoms with Gasteiger partial charge in [0.15, 0.2) is 25.2 Å². The van der Waals surface area contributed by atoms with Gasteiger partial charge in [0.05, 0.1) is 108 Å². The number of carbonyl (C=O) groups is 8. The van der Waals surface area contributed by atoms with E-state index in [1.54, 1.807) is 6.08 Å². The Hall–Kier alpha value is -6.00. The monoisotopic (exact) mass is 2130 g/mol. The van der Waals surface area contributed by atoms with E-state index in [0.29, 0.717) is 12.8 Å². The molecule has 7 fully saturated rings. The van der Waals surface area contributed by atoms with Gasteiger partial charge in [-0.15, -0.1) is 0 Å². The largest absolute Gasteiger partial charge is 0.477 e. The van der Waals surface area contributed by atoms with Crippen molar-refractivity contribution in [2.45, 2.75) is 472 Å². The molecule has 40 atom stereocenters. The van der Waals surface area contributed by atoms with E-state index in [1.807, 2.05) is 0 Å². The van der Waals surface area contributed by atoms with Crippen LogP contribution >= 0.6 is 0 Å². The lowest BCUT2D eigenvalue weighted by Crippen LogP contribution is -2.72. The van der Waals surface area contributed by atoms with Gasteiger partial charge in [-0.1, -0.05) is 154 Å². The van der Waals surface area contributed by atoms with Gasteiger partial charge in [-0.25, -0.2) is 14.4 Å². The third-order valence-corrected chi connectivity index (χ3v) is 27.5. The molecule has 0 aromatic carbocycles. The SMILES string of the molecule is CCCCCC/C=C\CCCCCCCCCC(=O)N[C@@H](CO[C@@H]1O[C@H](CO)[C@@H](O[C@@H]2O[C@H](CO)[C@H](O[C@@H]3O[C@H](CO)[C@H](O)[C@H](O[C@@H]4O[C@H](CO)[C@H](O)[C@H](O[C@]5(C(=O)O)C[C@H](O)[C@@H](NC(C)=O)C([C@H](O)[C@H](O)CO)O5)[C@H]4O)[C@H]3CC(C)=O)[C@H](O[C@]3(C(=O)O)C[C@H](O)[C@@H](NC(C)=O)C([C@H](O)[C@@H](CO)O[C@]4(C(=O)O)C[C@H](O)[C@@H](NC(C)=O)C([C@H](O)[C@H](O)CO)O4)O3)[C@H]2O)[C@H](O)[C@H]1O)[C@H](O)/C=C/CCCCCCCCCCCCC. The number of aliphatic hydroxyl groups excluding tert-OH is 22. The Morgan fingerprint density at radius 3 is 1.19 bits per heavy atom. The number of hydrogen-bond donors (Lipinski definition) is 29. The number of rotatable bonds is 66. The van der Waals surface area contributed by atoms with Gasteiger partial charge in [0.2, 0.25) is 23.6 Å². The summed E-state index contributed by atoms with van der Waals surface area (Å²) in [7, 11) is 0. The number of carbonyl (C=O) groups excluding carboxylic acids is 5. The Kier molecular flexibility index (Phi) is 54.9. The van der Waals surface area contributed by atoms with Crippen LogP contribution < -0.4 is 21.3 Å². The van der Waals surface area contributed by atoms with E-state index >= 15 is 0 Å². The van der Waals surface area contributed by atoms with Crippen molar-refractivity contribution in [1.82, 2.24) is 21.3 Å². The Balaban J connectivity index is 1.26. The van der Waals surface area contributed by atoms with Crippen molar-refractivity contribution in [2.24, 2.45) is 5.92 Å². The second kappa shape index (κ2) is 63.1. The molecule has 7 rings (SSSR count). The summed E-state index contributed by atoms with van der Waals surface area (Å²) in [5, 5.41) is 296. The van der Waals surface area contributed by atoms with Gasteiger partial charge in [-0.3, -0.25) is 19.2 Å². The van der Waals surface area contributed by atoms with Gasteiger partial charge in [0.25, 0.3) is 17.4 Å². The number of carboxylic acid groups (broad SMARTS) is 3. The molecule has 7 saturated heterocycles. The number of Topliss-reactive ketones (excluding diaryl/α,β-unsaturated/α-hetero) is 1. The summed E-state index contributed by atoms with van der Waals surface area (Å²) < 4.78 is 84.9. The normalized spacial score (nSPS) is 35.6. The highest BCUT2D eigenvalue weighted by molar-refractivity contribution is 5.79. The second-order valence-corrected chi connectivity index (χ2v) is 39.2. The standard InChI is InChI=1S/C96H164N4O47/c1-7-9-11-13-15-17-19-21-22-24-26-28-30-32-34-36-66(118)100-54(55(112)35-33-31-29-27-25-23-20-18-16-14-12-10-8-2)48-134-88-76(125)75(124)80(64(46-106)137-88)140-90-78(127)86(147-96(93(132)133)40-58(115)69(99-52(6)111)84(145-96)74(123)63(45-105)142-94(91(128)129)38-56(113)67(97-50(4)109)82(143-94)70(119)59(116)41-101)81(65(47-107)138-90)141-87-53(37-49(3)108)79(72(121)61(43-103)135-87)139-89-77(126)85(73(122)62(44-104)136-89)146-95(92(130)131)39-57(114)68(98-51(5)110)83(144-95)71(120)60(117)42-102/h17,19,33,35,53-65,67-90,101-107,112-117,119-127H,7-16,18,20-32,34,36-48H2,1-6H3,(H,97,109)(H,98,110)(H,99,111)(H,100,118)(H,128,129)(H,130,131)(H,132,133)/b19-17-,35-33+/t53-,54+,55-,56+,57+,58+,59-,60-,61-,62-,63-,64-,65-,67-,68-,69-,70-,71-,72+,73+,74-,75-,76-,77-,78-,79-,80-,81+,82?,83?,84?,85+,86-,87+,88-,89+,90+,94-,95+,96+/m1/s1. The van der Waals surface area contributed by atoms with Crippen LogP contribution in [0.25, 0.3) is 0 Å². The zero-order chi connectivity index (χ0) is 109. The highest BCUT2D eigenvalue weighted by Gasteiger charge is 2.66. The first-order valence-electron chi connectivity index (χ1n) is 51.2. The number of aliphatic hydroxyl groups is 22. The fourth-order valence-corrected chi connectivity index (χ4v) is 19.4. The number of hydrogen-bond acceptors (Lipinski definition) is 44. The zero-order valence-electron chi connectivity index (χ0n) is 84.2. The Morgan fingerprint density at radius 1 is 0.388 bits per heavy atom. The van der Waals surface area contributed by atoms with Crippen LogP contribution in [0.1, 0.15) is 234 Å². The molecule has 51 nitrogen and oxygen atoms in total. The lowest BCUT2D eigenvalue weighted by Gasteiger charge is -2.53. The van der Waals surface area contributed by atoms with Crippen molar-refractivity contribution in [3.63, 3.8) is 0 Å². The topological polar surface area (TPSA) is 820 Å². The second-order valence-electron chi connectivity index (χ2n) is 39.2. The van der Waals surface area contributed by atoms with E-state index in [9.17, 15) is 166 Å². The van der Waals surface area contributed by atoms with Crippen LogP contribution in [0, 0.1) is 5.92 Å². The van der Waals surface area contributed by atoms with Crippen molar-refractivity contribution in [3.05, 3.63) is 24.3 Å². The van der Waals surface area contributed by atoms with Crippen molar-refractivity contribution >= 4 is 47.3 Å². The summed E-state index contributed by atoms with van der Waals surface area (Å²) in [5.41, 5.74) is 0. The van der Waals surface area contributed by atoms with Crippen LogP contribution in [0.3, 0.4) is 0 Å². The molecule has 0 radical (unpaired) electrons. The van der Waals surface area contributed by atoms with Crippen molar-refractivity contribution in [3.8, 4) is 0 Å². The molecule has 0 aliphatic carbocycles. The first-order valence-corrected chi connectivity index (χ1v) is 51.2. The van der Waals surface area contributed by atoms with Crippen molar-refractivity contribution < 1.29 is 232 Å². The minimum Gasteiger partial charge on any atom is -0.477 e. The average Bonchev–Trinajstić information content (AvgIpc) is 0.736. The fourth-order valence-electron chi connectivity index (χ4n) is 19.4. The first-order chi connectivity index (χ1) is 69.9. The summed E-state index contributed by atoms with van der Waals surface area (Å²) in [6.45, 7) is -2.11. The van der Waals surface area contributed by atoms with E-state index in [-0.39, 0.29) is 6.42 Å². The Bertz CT molecular complexity index is 3970. The average molecular weight is 2130 g/mol. The Morgan fingerprint density at radius 2 is 0.755 bits per heavy atom. The number of carboxylic acids is 3. The quantitative estimate of drug-likeness (QED) is 0.0199. The lowest BCUT2D eigenvalue weighted by molar-refractivity contribution is -0.409. The van der Waals surface area contributed by atoms with E-state index in [4.69, 9.17) is 66.3 Å². The first kappa shape index (κ1) is 128. The zero-order valence-corrected chi connectivity index (χ0v) is 84.2. The molecule has 0 aromatic heterocycles. The predicted octanol–water partition coefficient (Wildman–Crippen LogP) is -5.83. The molecule has 0 bridgehead atoms. The van der Waals surface area contributed by atoms with Gasteiger partial charge in [0.1, 0.15) is 146 Å². The molecule has 7 aliphatic rings. The maximum absolute atomic E-state index is 14.6. The minimum atomic E-state index is -3.80. The highest BCUT2D eigenvalue weighted by Crippen LogP contribution is 2.46. The number of allylic oxidation sites excluding steroid dienone is 3. The van der Waals surface area contributed by atoms with Gasteiger partial charge >= 0.3 is 17.9 Å². The van der Waals surface area contributed by atoms with Crippen LogP contribution in [-0.2, 0) is 105 Å². The van der Waals surface area contributed by atoms with E-state index in [1.165, 1.54) is 57.4 Å². The van der Waals surface area contributed by atoms with Crippen LogP contribution in [0.5, 0.6) is 0 Å². The summed E-state index contributed by atoms with van der Waals surface area (Å²) >= 11 is 0. The maximum Gasteiger partial charge on any atom is 0.364 e. The Labute approximate surface area is 852 Å². The molecule has 3 unspecified atom stereocenters. The number of aliphatic carboxylic acids is 3. The fraction of sp³-hybridized carbons (Fsp3) is 0.875. The number of ether oxygens (including phenoxy) is 14. The molecule has 7 aliphatic heterocycles. The highest BCUT2D eigenvalue weighted by atomic mass is 16.8. The van der Waals surface area contributed by atoms with Gasteiger partial charge in [0, 0.05) is 58.8 Å². The van der Waals surface area contributed by atoms with Crippen molar-refractivity contribution in [2.75, 3.05) is 52.9 Å². The summed E-state index contributed by atoms with van der Waals surface area (Å²) in [6.07, 6.45) is -47.2. The lowest BCUT2D eigenvalue weighted by atomic mass is 9.86. The molecule has 147 heavy (non-hydrogen) atoms. The van der Waals surface area contributed by atoms with Gasteiger partial charge in [-0.2, -0.15) is 0 Å². The number of ketones is 1. The molecule has 0 spiro atoms. The summed E-state index contributed by atoms with van der Waals surface area (Å²) in [4.78, 5) is 108. The molecule has 0 saturated carbocycles. The van der Waals surface area contributed by atoms with Crippen LogP contribution in [-0.4, -0.2) is 465 Å². The molecule has 51 heteroatoms. The summed E-state index contributed by atoms with van der Waals surface area (Å²) in [6, 6.07) is -7.09. The molecular weight excluding hydrogens is 1960 g/mol. The predicted molar refractivity (Wildman–Crippen MR) is 502 cm³/mol. The molecule has 29 N–H and O–H groups in total. The van der Waals surface area contributed by atoms with E-state index < -0.39 is 369 Å². The van der Waals surface area contributed by atoms with Crippen LogP contribution in [0.2, 0.25) is 0 Å². The molecule has 0 aromatic rings. The van der Waals surface area contributed by atoms with Gasteiger partial charge < -0.3 is 220 Å². The molecule has 4 amide bonds. The van der Waals surface area contributed by atoms with E-state index in [0.717, 1.165) is 124 Å². The molecular formula is C96H164N4O47. The molecule has 850 valence electrons. The molecule has 7 heterocycles. The van der Waals surface area contributed by atoms with E-state index in [2.05, 4.69) is 47.3 Å². The maximum atomic E-state index is 14.6. The minimum absolute atomic E-state index is 0.0398. The van der Waals surface area contributed by atoms with Crippen LogP contribution in [0.15, 0.2) is 24.3 Å². The third-order valence-electron chi connectivity index (χ3n) is 27.5. The number of nitrogens with one attached hydrogen (secondary N) is 4. The smallest absolute Gasteiger partial charge is 0.364 e. The summed E-state index contributed by atoms with van der Waals surface area (Å²) in [5.74, 6) is -23.9. The van der Waals surface area contributed by atoms with Crippen molar-refractivity contribution in [1.29, 1.82) is 0 Å². The van der Waals surface area contributed by atoms with Crippen LogP contribution in [0.4, 0.5) is 0 Å².